The van der Waals surface area contributed by atoms with E-state index in [1.54, 1.807) is 18.2 Å². The van der Waals surface area contributed by atoms with Gasteiger partial charge in [0.25, 0.3) is 0 Å². The van der Waals surface area contributed by atoms with Crippen LogP contribution >= 0.6 is 11.8 Å². The number of benzene rings is 2. The molecule has 2 heterocycles. The molecule has 0 bridgehead atoms. The van der Waals surface area contributed by atoms with Crippen LogP contribution in [0.5, 0.6) is 17.2 Å². The predicted molar refractivity (Wildman–Crippen MR) is 132 cm³/mol. The second-order valence-corrected chi connectivity index (χ2v) is 9.81. The molecule has 1 N–H and O–H groups in total. The molecule has 0 spiro atoms. The van der Waals surface area contributed by atoms with Crippen LogP contribution in [0.3, 0.4) is 0 Å². The molecule has 1 unspecified atom stereocenters. The zero-order valence-electron chi connectivity index (χ0n) is 19.9. The van der Waals surface area contributed by atoms with Crippen LogP contribution in [0.15, 0.2) is 47.6 Å². The number of amides is 1. The van der Waals surface area contributed by atoms with Gasteiger partial charge in [0, 0.05) is 18.3 Å². The van der Waals surface area contributed by atoms with E-state index in [2.05, 4.69) is 48.4 Å². The van der Waals surface area contributed by atoms with Gasteiger partial charge in [0.15, 0.2) is 22.5 Å². The van der Waals surface area contributed by atoms with Crippen LogP contribution in [0.2, 0.25) is 0 Å². The van der Waals surface area contributed by atoms with Gasteiger partial charge in [-0.05, 0) is 49.1 Å². The third-order valence-corrected chi connectivity index (χ3v) is 6.41. The molecule has 1 aliphatic heterocycles. The van der Waals surface area contributed by atoms with Crippen LogP contribution in [0.4, 0.5) is 5.69 Å². The number of fused-ring (bicyclic) bond motifs is 1. The molecule has 1 aromatic heterocycles. The Morgan fingerprint density at radius 2 is 1.88 bits per heavy atom. The summed E-state index contributed by atoms with van der Waals surface area (Å²) in [5, 5.41) is 12.0. The summed E-state index contributed by atoms with van der Waals surface area (Å²) in [6, 6.07) is 13.4. The lowest BCUT2D eigenvalue weighted by atomic mass is 10.2. The van der Waals surface area contributed by atoms with Crippen molar-refractivity contribution in [3.63, 3.8) is 0 Å². The van der Waals surface area contributed by atoms with Crippen molar-refractivity contribution in [3.8, 4) is 17.2 Å². The monoisotopic (exact) mass is 482 g/mol. The lowest BCUT2D eigenvalue weighted by molar-refractivity contribution is -0.115. The van der Waals surface area contributed by atoms with Gasteiger partial charge in [0.2, 0.25) is 12.7 Å². The summed E-state index contributed by atoms with van der Waals surface area (Å²) in [6.45, 7) is 9.49. The fourth-order valence-electron chi connectivity index (χ4n) is 3.46. The first-order valence-electron chi connectivity index (χ1n) is 11.4. The van der Waals surface area contributed by atoms with Gasteiger partial charge in [-0.2, -0.15) is 0 Å². The predicted octanol–water partition coefficient (Wildman–Crippen LogP) is 4.92. The summed E-state index contributed by atoms with van der Waals surface area (Å²) in [5.41, 5.74) is 1.93. The summed E-state index contributed by atoms with van der Waals surface area (Å²) in [5.74, 6) is 3.09. The zero-order valence-corrected chi connectivity index (χ0v) is 20.7. The molecule has 0 fully saturated rings. The van der Waals surface area contributed by atoms with E-state index in [1.807, 2.05) is 23.6 Å². The number of hydrogen-bond donors (Lipinski definition) is 1. The van der Waals surface area contributed by atoms with Gasteiger partial charge in [-0.25, -0.2) is 0 Å². The fraction of sp³-hybridized carbons (Fsp3) is 0.400. The SMILES string of the molecule is CCc1ccc(OCc2nnc(SC(C)C(=O)Nc3ccc4c(c3)OCO4)n2CC(C)C)cc1. The number of rotatable bonds is 10. The van der Waals surface area contributed by atoms with E-state index in [1.165, 1.54) is 17.3 Å². The first kappa shape index (κ1) is 23.9. The molecule has 0 saturated heterocycles. The number of nitrogens with zero attached hydrogens (tertiary/aromatic N) is 3. The number of nitrogens with one attached hydrogen (secondary N) is 1. The molecule has 9 heteroatoms. The highest BCUT2D eigenvalue weighted by molar-refractivity contribution is 8.00. The zero-order chi connectivity index (χ0) is 24.1. The number of thioether (sulfide) groups is 1. The quantitative estimate of drug-likeness (QED) is 0.410. The minimum Gasteiger partial charge on any atom is -0.486 e. The summed E-state index contributed by atoms with van der Waals surface area (Å²) >= 11 is 1.38. The molecular weight excluding hydrogens is 452 g/mol. The minimum atomic E-state index is -0.379. The molecule has 1 atom stereocenters. The Kier molecular flexibility index (Phi) is 7.62. The van der Waals surface area contributed by atoms with Gasteiger partial charge in [-0.1, -0.05) is 44.7 Å². The average Bonchev–Trinajstić information content (AvgIpc) is 3.44. The molecule has 0 saturated carbocycles. The number of anilines is 1. The third kappa shape index (κ3) is 5.83. The number of ether oxygens (including phenoxy) is 3. The van der Waals surface area contributed by atoms with Crippen molar-refractivity contribution in [1.29, 1.82) is 0 Å². The van der Waals surface area contributed by atoms with Crippen LogP contribution in [-0.2, 0) is 24.4 Å². The minimum absolute atomic E-state index is 0.128. The number of aryl methyl sites for hydroxylation is 1. The number of carbonyl (C=O) groups is 1. The van der Waals surface area contributed by atoms with E-state index in [-0.39, 0.29) is 18.0 Å². The van der Waals surface area contributed by atoms with E-state index in [0.29, 0.717) is 34.9 Å². The summed E-state index contributed by atoms with van der Waals surface area (Å²) in [4.78, 5) is 12.8. The topological polar surface area (TPSA) is 87.5 Å². The van der Waals surface area contributed by atoms with E-state index < -0.39 is 0 Å². The Hall–Kier alpha value is -3.20. The second-order valence-electron chi connectivity index (χ2n) is 8.51. The molecule has 0 radical (unpaired) electrons. The molecule has 2 aromatic carbocycles. The van der Waals surface area contributed by atoms with Crippen LogP contribution in [0.25, 0.3) is 0 Å². The Labute approximate surface area is 204 Å². The Morgan fingerprint density at radius 1 is 1.12 bits per heavy atom. The van der Waals surface area contributed by atoms with E-state index in [4.69, 9.17) is 14.2 Å². The van der Waals surface area contributed by atoms with Gasteiger partial charge >= 0.3 is 0 Å². The van der Waals surface area contributed by atoms with Crippen LogP contribution in [0.1, 0.15) is 39.1 Å². The highest BCUT2D eigenvalue weighted by atomic mass is 32.2. The van der Waals surface area contributed by atoms with Gasteiger partial charge in [-0.15, -0.1) is 10.2 Å². The number of carbonyl (C=O) groups excluding carboxylic acids is 1. The highest BCUT2D eigenvalue weighted by Gasteiger charge is 2.22. The molecule has 0 aliphatic carbocycles. The lowest BCUT2D eigenvalue weighted by Gasteiger charge is -2.15. The van der Waals surface area contributed by atoms with E-state index in [9.17, 15) is 4.79 Å². The first-order valence-corrected chi connectivity index (χ1v) is 12.3. The first-order chi connectivity index (χ1) is 16.4. The Morgan fingerprint density at radius 3 is 2.62 bits per heavy atom. The molecule has 1 amide bonds. The van der Waals surface area contributed by atoms with Gasteiger partial charge < -0.3 is 24.1 Å². The van der Waals surface area contributed by atoms with Crippen LogP contribution < -0.4 is 19.5 Å². The Balaban J connectivity index is 1.41. The van der Waals surface area contributed by atoms with E-state index in [0.717, 1.165) is 24.5 Å². The normalized spacial score (nSPS) is 13.2. The van der Waals surface area contributed by atoms with Crippen molar-refractivity contribution < 1.29 is 19.0 Å². The van der Waals surface area contributed by atoms with Crippen molar-refractivity contribution in [2.24, 2.45) is 5.92 Å². The summed E-state index contributed by atoms with van der Waals surface area (Å²) in [7, 11) is 0. The molecule has 8 nitrogen and oxygen atoms in total. The van der Waals surface area contributed by atoms with Crippen LogP contribution in [0, 0.1) is 5.92 Å². The summed E-state index contributed by atoms with van der Waals surface area (Å²) in [6.07, 6.45) is 0.990. The highest BCUT2D eigenvalue weighted by Crippen LogP contribution is 2.34. The standard InChI is InChI=1S/C25H30N4O4S/c1-5-18-6-9-20(10-7-18)31-14-23-27-28-25(29(23)13-16(2)3)34-17(4)24(30)26-19-8-11-21-22(12-19)33-15-32-21/h6-12,16-17H,5,13-15H2,1-4H3,(H,26,30). The second kappa shape index (κ2) is 10.8. The van der Waals surface area contributed by atoms with Gasteiger partial charge in [0.05, 0.1) is 5.25 Å². The average molecular weight is 483 g/mol. The lowest BCUT2D eigenvalue weighted by Crippen LogP contribution is -2.23. The maximum Gasteiger partial charge on any atom is 0.237 e. The maximum absolute atomic E-state index is 12.8. The van der Waals surface area contributed by atoms with Crippen LogP contribution in [-0.4, -0.2) is 32.7 Å². The number of hydrogen-bond acceptors (Lipinski definition) is 7. The Bertz CT molecular complexity index is 1130. The smallest absolute Gasteiger partial charge is 0.237 e. The van der Waals surface area contributed by atoms with Crippen molar-refractivity contribution in [1.82, 2.24) is 14.8 Å². The molecule has 180 valence electrons. The molecular formula is C25H30N4O4S. The molecule has 4 rings (SSSR count). The fourth-order valence-corrected chi connectivity index (χ4v) is 4.34. The van der Waals surface area contributed by atoms with Crippen molar-refractivity contribution >= 4 is 23.4 Å². The van der Waals surface area contributed by atoms with Gasteiger partial charge in [-0.3, -0.25) is 4.79 Å². The maximum atomic E-state index is 12.8. The molecule has 1 aliphatic rings. The van der Waals surface area contributed by atoms with E-state index >= 15 is 0 Å². The summed E-state index contributed by atoms with van der Waals surface area (Å²) < 4.78 is 18.7. The molecule has 34 heavy (non-hydrogen) atoms. The number of aromatic nitrogens is 3. The molecule has 3 aromatic rings. The third-order valence-electron chi connectivity index (χ3n) is 5.33. The van der Waals surface area contributed by atoms with Crippen molar-refractivity contribution in [2.75, 3.05) is 12.1 Å². The van der Waals surface area contributed by atoms with Crippen molar-refractivity contribution in [2.45, 2.75) is 57.7 Å². The largest absolute Gasteiger partial charge is 0.486 e. The van der Waals surface area contributed by atoms with Gasteiger partial charge in [0.1, 0.15) is 12.4 Å². The van der Waals surface area contributed by atoms with Crippen molar-refractivity contribution in [3.05, 3.63) is 53.9 Å².